The van der Waals surface area contributed by atoms with Crippen LogP contribution in [-0.2, 0) is 6.42 Å². The largest absolute Gasteiger partial charge is 0.293 e. The van der Waals surface area contributed by atoms with Gasteiger partial charge in [0.15, 0.2) is 5.78 Å². The highest BCUT2D eigenvalue weighted by atomic mass is 32.1. The molecule has 2 heteroatoms. The Hall–Kier alpha value is -1.41. The highest BCUT2D eigenvalue weighted by Gasteiger charge is 2.32. The third kappa shape index (κ3) is 1.41. The molecular formula is C14H12OS. The molecule has 0 amide bonds. The van der Waals surface area contributed by atoms with Crippen LogP contribution in [-0.4, -0.2) is 5.78 Å². The molecule has 1 aliphatic rings. The predicted molar refractivity (Wildman–Crippen MR) is 66.3 cm³/mol. The van der Waals surface area contributed by atoms with Crippen LogP contribution in [0.1, 0.15) is 32.3 Å². The quantitative estimate of drug-likeness (QED) is 0.718. The smallest absolute Gasteiger partial charge is 0.171 e. The van der Waals surface area contributed by atoms with Crippen molar-refractivity contribution in [3.05, 3.63) is 57.3 Å². The molecule has 80 valence electrons. The molecule has 1 atom stereocenters. The molecule has 0 saturated carbocycles. The minimum Gasteiger partial charge on any atom is -0.293 e. The second-order valence-corrected chi connectivity index (χ2v) is 5.38. The Morgan fingerprint density at radius 1 is 1.38 bits per heavy atom. The maximum atomic E-state index is 12.2. The van der Waals surface area contributed by atoms with Crippen LogP contribution >= 0.6 is 11.3 Å². The minimum atomic E-state index is 0.102. The molecule has 1 aromatic heterocycles. The third-order valence-corrected chi connectivity index (χ3v) is 4.05. The van der Waals surface area contributed by atoms with Crippen molar-refractivity contribution in [3.63, 3.8) is 0 Å². The Bertz CT molecular complexity index is 553. The van der Waals surface area contributed by atoms with E-state index in [9.17, 15) is 4.79 Å². The second kappa shape index (κ2) is 3.56. The predicted octanol–water partition coefficient (Wildman–Crippen LogP) is 3.58. The van der Waals surface area contributed by atoms with Gasteiger partial charge in [0.1, 0.15) is 0 Å². The van der Waals surface area contributed by atoms with Gasteiger partial charge < -0.3 is 0 Å². The Kier molecular flexibility index (Phi) is 2.18. The lowest BCUT2D eigenvalue weighted by Gasteiger charge is -2.28. The summed E-state index contributed by atoms with van der Waals surface area (Å²) in [5.41, 5.74) is 3.42. The van der Waals surface area contributed by atoms with Crippen LogP contribution in [0.25, 0.3) is 0 Å². The Morgan fingerprint density at radius 3 is 2.88 bits per heavy atom. The highest BCUT2D eigenvalue weighted by Crippen LogP contribution is 2.37. The van der Waals surface area contributed by atoms with Crippen LogP contribution in [0, 0.1) is 6.92 Å². The monoisotopic (exact) mass is 228 g/mol. The van der Waals surface area contributed by atoms with E-state index < -0.39 is 0 Å². The molecule has 1 aromatic carbocycles. The zero-order chi connectivity index (χ0) is 11.1. The maximum Gasteiger partial charge on any atom is 0.171 e. The molecule has 3 rings (SSSR count). The molecule has 2 aromatic rings. The first-order valence-electron chi connectivity index (χ1n) is 5.43. The van der Waals surface area contributed by atoms with Gasteiger partial charge in [-0.15, -0.1) is 11.3 Å². The summed E-state index contributed by atoms with van der Waals surface area (Å²) in [5.74, 6) is 0.383. The van der Waals surface area contributed by atoms with Gasteiger partial charge >= 0.3 is 0 Å². The van der Waals surface area contributed by atoms with Gasteiger partial charge in [-0.1, -0.05) is 24.3 Å². The number of hydrogen-bond donors (Lipinski definition) is 0. The first-order chi connectivity index (χ1) is 7.75. The summed E-state index contributed by atoms with van der Waals surface area (Å²) < 4.78 is 0. The van der Waals surface area contributed by atoms with E-state index >= 15 is 0 Å². The van der Waals surface area contributed by atoms with E-state index in [-0.39, 0.29) is 11.7 Å². The van der Waals surface area contributed by atoms with E-state index in [0.29, 0.717) is 0 Å². The zero-order valence-corrected chi connectivity index (χ0v) is 9.88. The highest BCUT2D eigenvalue weighted by molar-refractivity contribution is 7.10. The molecule has 1 aliphatic carbocycles. The number of carbonyl (C=O) groups is 1. The Morgan fingerprint density at radius 2 is 2.19 bits per heavy atom. The fourth-order valence-electron chi connectivity index (χ4n) is 2.27. The maximum absolute atomic E-state index is 12.2. The van der Waals surface area contributed by atoms with Crippen LogP contribution in [0.3, 0.4) is 0 Å². The van der Waals surface area contributed by atoms with E-state index in [1.807, 2.05) is 30.5 Å². The number of thiophene rings is 1. The van der Waals surface area contributed by atoms with Crippen molar-refractivity contribution in [2.45, 2.75) is 19.3 Å². The van der Waals surface area contributed by atoms with Crippen molar-refractivity contribution in [3.8, 4) is 0 Å². The number of benzene rings is 1. The van der Waals surface area contributed by atoms with Gasteiger partial charge in [0.05, 0.1) is 5.92 Å². The van der Waals surface area contributed by atoms with E-state index in [2.05, 4.69) is 12.1 Å². The fraction of sp³-hybridized carbons (Fsp3) is 0.214. The first-order valence-corrected chi connectivity index (χ1v) is 6.31. The Labute approximate surface area is 98.7 Å². The number of fused-ring (bicyclic) bond motifs is 1. The van der Waals surface area contributed by atoms with Gasteiger partial charge in [-0.25, -0.2) is 0 Å². The van der Waals surface area contributed by atoms with Crippen molar-refractivity contribution in [1.82, 2.24) is 0 Å². The topological polar surface area (TPSA) is 17.1 Å². The summed E-state index contributed by atoms with van der Waals surface area (Å²) in [7, 11) is 0. The van der Waals surface area contributed by atoms with Gasteiger partial charge in [-0.2, -0.15) is 0 Å². The molecule has 1 heterocycles. The molecule has 0 N–H and O–H groups in total. The van der Waals surface area contributed by atoms with E-state index in [0.717, 1.165) is 12.0 Å². The standard InChI is InChI=1S/C14H12OS/c1-9-6-11(8-16-9)14(15)13-7-10-4-2-3-5-12(10)13/h2-6,8,13H,7H2,1H3. The van der Waals surface area contributed by atoms with Gasteiger partial charge in [-0.05, 0) is 30.5 Å². The minimum absolute atomic E-state index is 0.102. The van der Waals surface area contributed by atoms with Gasteiger partial charge in [0, 0.05) is 15.8 Å². The average molecular weight is 228 g/mol. The fourth-order valence-corrected chi connectivity index (χ4v) is 2.96. The summed E-state index contributed by atoms with van der Waals surface area (Å²) in [5, 5.41) is 1.97. The van der Waals surface area contributed by atoms with Crippen LogP contribution in [0.5, 0.6) is 0 Å². The van der Waals surface area contributed by atoms with Crippen LogP contribution in [0.15, 0.2) is 35.7 Å². The van der Waals surface area contributed by atoms with Crippen molar-refractivity contribution in [2.75, 3.05) is 0 Å². The molecular weight excluding hydrogens is 216 g/mol. The van der Waals surface area contributed by atoms with E-state index in [1.54, 1.807) is 11.3 Å². The van der Waals surface area contributed by atoms with Crippen LogP contribution < -0.4 is 0 Å². The zero-order valence-electron chi connectivity index (χ0n) is 9.07. The number of hydrogen-bond acceptors (Lipinski definition) is 2. The van der Waals surface area contributed by atoms with Crippen molar-refractivity contribution < 1.29 is 4.79 Å². The number of carbonyl (C=O) groups excluding carboxylic acids is 1. The molecule has 1 nitrogen and oxygen atoms in total. The summed E-state index contributed by atoms with van der Waals surface area (Å²) in [6.45, 7) is 2.04. The summed E-state index contributed by atoms with van der Waals surface area (Å²) >= 11 is 1.65. The number of Topliss-reactive ketones (excluding diaryl/α,β-unsaturated/α-hetero) is 1. The molecule has 0 saturated heterocycles. The molecule has 16 heavy (non-hydrogen) atoms. The summed E-state index contributed by atoms with van der Waals surface area (Å²) in [6, 6.07) is 10.2. The number of aryl methyl sites for hydroxylation is 1. The van der Waals surface area contributed by atoms with Gasteiger partial charge in [0.25, 0.3) is 0 Å². The SMILES string of the molecule is Cc1cc(C(=O)C2Cc3ccccc32)cs1. The van der Waals surface area contributed by atoms with Gasteiger partial charge in [-0.3, -0.25) is 4.79 Å². The molecule has 0 spiro atoms. The second-order valence-electron chi connectivity index (χ2n) is 4.27. The molecule has 0 bridgehead atoms. The van der Waals surface area contributed by atoms with Crippen molar-refractivity contribution >= 4 is 17.1 Å². The molecule has 0 fully saturated rings. The lowest BCUT2D eigenvalue weighted by molar-refractivity contribution is 0.0949. The third-order valence-electron chi connectivity index (χ3n) is 3.19. The number of rotatable bonds is 2. The molecule has 1 unspecified atom stereocenters. The van der Waals surface area contributed by atoms with Crippen molar-refractivity contribution in [2.24, 2.45) is 0 Å². The Balaban J connectivity index is 1.90. The number of ketones is 1. The normalized spacial score (nSPS) is 17.7. The average Bonchev–Trinajstić information content (AvgIpc) is 2.67. The van der Waals surface area contributed by atoms with E-state index in [1.165, 1.54) is 16.0 Å². The van der Waals surface area contributed by atoms with E-state index in [4.69, 9.17) is 0 Å². The molecule has 0 aliphatic heterocycles. The lowest BCUT2D eigenvalue weighted by Crippen LogP contribution is -2.24. The first kappa shape index (κ1) is 9.79. The van der Waals surface area contributed by atoms with Crippen molar-refractivity contribution in [1.29, 1.82) is 0 Å². The summed E-state index contributed by atoms with van der Waals surface area (Å²) in [6.07, 6.45) is 0.907. The van der Waals surface area contributed by atoms with Crippen LogP contribution in [0.2, 0.25) is 0 Å². The summed E-state index contributed by atoms with van der Waals surface area (Å²) in [4.78, 5) is 13.4. The van der Waals surface area contributed by atoms with Crippen LogP contribution in [0.4, 0.5) is 0 Å². The van der Waals surface area contributed by atoms with Gasteiger partial charge in [0.2, 0.25) is 0 Å². The lowest BCUT2D eigenvalue weighted by atomic mass is 9.74. The molecule has 0 radical (unpaired) electrons.